The predicted octanol–water partition coefficient (Wildman–Crippen LogP) is 4.51. The average Bonchev–Trinajstić information content (AvgIpc) is 3.22. The van der Waals surface area contributed by atoms with Gasteiger partial charge in [-0.1, -0.05) is 62.9 Å². The highest BCUT2D eigenvalue weighted by atomic mass is 32.2. The molecule has 0 fully saturated rings. The van der Waals surface area contributed by atoms with Crippen molar-refractivity contribution in [1.82, 2.24) is 19.2 Å². The van der Waals surface area contributed by atoms with Gasteiger partial charge >= 0.3 is 5.56 Å². The molecule has 1 amide bonds. The van der Waals surface area contributed by atoms with Gasteiger partial charge < -0.3 is 5.32 Å². The largest absolute Gasteiger partial charge is 0.325 e. The summed E-state index contributed by atoms with van der Waals surface area (Å²) in [6, 6.07) is 17.2. The molecule has 7 nitrogen and oxygen atoms in total. The third-order valence-electron chi connectivity index (χ3n) is 5.23. The molecule has 0 radical (unpaired) electrons. The number of nitrogens with one attached hydrogen (secondary N) is 1. The number of nitrogens with zero attached hydrogens (tertiary/aromatic N) is 4. The van der Waals surface area contributed by atoms with Crippen LogP contribution >= 0.6 is 11.8 Å². The summed E-state index contributed by atoms with van der Waals surface area (Å²) in [6.07, 6.45) is 4.05. The Morgan fingerprint density at radius 2 is 1.75 bits per heavy atom. The summed E-state index contributed by atoms with van der Waals surface area (Å²) in [5, 5.41) is 11.4. The first kappa shape index (κ1) is 21.8. The number of fused-ring (bicyclic) bond motifs is 1. The first-order valence-electron chi connectivity index (χ1n) is 10.6. The van der Waals surface area contributed by atoms with E-state index in [1.165, 1.54) is 21.9 Å². The van der Waals surface area contributed by atoms with E-state index in [2.05, 4.69) is 29.4 Å². The lowest BCUT2D eigenvalue weighted by atomic mass is 10.0. The molecule has 0 saturated heterocycles. The standard InChI is InChI=1S/C24H25N5O2S/c1-4-20(22(30)25-18-12-10-17(11-13-18)16(2)3)32-24-27-26-21-23(31)28(14-15-29(21)24)19-8-6-5-7-9-19/h5-16,20H,4H2,1-3H3,(H,25,30)/t20-/m1/s1. The zero-order chi connectivity index (χ0) is 22.7. The maximum atomic E-state index is 12.9. The number of amides is 1. The van der Waals surface area contributed by atoms with E-state index in [1.807, 2.05) is 61.5 Å². The summed E-state index contributed by atoms with van der Waals surface area (Å²) >= 11 is 1.30. The molecular weight excluding hydrogens is 422 g/mol. The van der Waals surface area contributed by atoms with Crippen molar-refractivity contribution in [3.63, 3.8) is 0 Å². The zero-order valence-corrected chi connectivity index (χ0v) is 19.0. The Morgan fingerprint density at radius 3 is 2.41 bits per heavy atom. The molecule has 0 aliphatic carbocycles. The molecule has 32 heavy (non-hydrogen) atoms. The summed E-state index contributed by atoms with van der Waals surface area (Å²) < 4.78 is 3.17. The maximum Gasteiger partial charge on any atom is 0.300 e. The topological polar surface area (TPSA) is 81.3 Å². The fourth-order valence-corrected chi connectivity index (χ4v) is 4.30. The number of para-hydroxylation sites is 1. The fourth-order valence-electron chi connectivity index (χ4n) is 3.36. The van der Waals surface area contributed by atoms with Crippen molar-refractivity contribution >= 4 is 29.0 Å². The van der Waals surface area contributed by atoms with Crippen molar-refractivity contribution in [2.45, 2.75) is 43.5 Å². The Kier molecular flexibility index (Phi) is 6.41. The number of carbonyl (C=O) groups is 1. The van der Waals surface area contributed by atoms with Crippen LogP contribution in [0.25, 0.3) is 11.3 Å². The number of aromatic nitrogens is 4. The Bertz CT molecular complexity index is 1280. The minimum atomic E-state index is -0.372. The Morgan fingerprint density at radius 1 is 1.03 bits per heavy atom. The molecule has 2 aromatic heterocycles. The molecule has 0 aliphatic heterocycles. The third-order valence-corrected chi connectivity index (χ3v) is 6.55. The zero-order valence-electron chi connectivity index (χ0n) is 18.2. The first-order valence-corrected chi connectivity index (χ1v) is 11.4. The summed E-state index contributed by atoms with van der Waals surface area (Å²) in [5.41, 5.74) is 2.70. The van der Waals surface area contributed by atoms with Gasteiger partial charge in [0.15, 0.2) is 5.16 Å². The number of benzene rings is 2. The summed E-state index contributed by atoms with van der Waals surface area (Å²) in [6.45, 7) is 6.22. The molecule has 1 N–H and O–H groups in total. The predicted molar refractivity (Wildman–Crippen MR) is 128 cm³/mol. The van der Waals surface area contributed by atoms with Gasteiger partial charge in [0, 0.05) is 23.8 Å². The van der Waals surface area contributed by atoms with Crippen molar-refractivity contribution in [3.8, 4) is 5.69 Å². The van der Waals surface area contributed by atoms with Crippen LogP contribution in [-0.2, 0) is 4.79 Å². The normalized spacial score (nSPS) is 12.2. The summed E-state index contributed by atoms with van der Waals surface area (Å²) in [7, 11) is 0. The molecule has 4 rings (SSSR count). The molecule has 0 spiro atoms. The van der Waals surface area contributed by atoms with E-state index in [4.69, 9.17) is 0 Å². The second kappa shape index (κ2) is 9.40. The molecule has 1 atom stereocenters. The second-order valence-electron chi connectivity index (χ2n) is 7.77. The van der Waals surface area contributed by atoms with Gasteiger partial charge in [-0.3, -0.25) is 18.6 Å². The van der Waals surface area contributed by atoms with Gasteiger partial charge in [-0.25, -0.2) is 0 Å². The van der Waals surface area contributed by atoms with Crippen LogP contribution in [-0.4, -0.2) is 30.3 Å². The molecule has 4 aromatic rings. The van der Waals surface area contributed by atoms with Crippen LogP contribution in [0.2, 0.25) is 0 Å². The average molecular weight is 448 g/mol. The van der Waals surface area contributed by atoms with Crippen LogP contribution in [0.3, 0.4) is 0 Å². The van der Waals surface area contributed by atoms with Gasteiger partial charge in [-0.05, 0) is 42.2 Å². The quantitative estimate of drug-likeness (QED) is 0.422. The van der Waals surface area contributed by atoms with Crippen molar-refractivity contribution in [2.24, 2.45) is 0 Å². The Hall–Kier alpha value is -3.39. The fraction of sp³-hybridized carbons (Fsp3) is 0.250. The van der Waals surface area contributed by atoms with Gasteiger partial charge in [0.25, 0.3) is 0 Å². The lowest BCUT2D eigenvalue weighted by Crippen LogP contribution is -2.25. The number of thioether (sulfide) groups is 1. The molecule has 164 valence electrons. The molecule has 0 bridgehead atoms. The maximum absolute atomic E-state index is 12.9. The molecule has 0 aliphatic rings. The minimum Gasteiger partial charge on any atom is -0.325 e. The van der Waals surface area contributed by atoms with E-state index in [-0.39, 0.29) is 22.4 Å². The molecule has 2 aromatic carbocycles. The van der Waals surface area contributed by atoms with E-state index in [9.17, 15) is 9.59 Å². The number of hydrogen-bond acceptors (Lipinski definition) is 5. The van der Waals surface area contributed by atoms with E-state index < -0.39 is 0 Å². The summed E-state index contributed by atoms with van der Waals surface area (Å²) in [5.74, 6) is 0.329. The van der Waals surface area contributed by atoms with Crippen LogP contribution in [0.15, 0.2) is 76.9 Å². The van der Waals surface area contributed by atoms with E-state index in [0.717, 1.165) is 11.4 Å². The van der Waals surface area contributed by atoms with Crippen molar-refractivity contribution in [2.75, 3.05) is 5.32 Å². The molecule has 8 heteroatoms. The monoisotopic (exact) mass is 447 g/mol. The molecule has 0 saturated carbocycles. The lowest BCUT2D eigenvalue weighted by Gasteiger charge is -2.14. The lowest BCUT2D eigenvalue weighted by molar-refractivity contribution is -0.115. The number of hydrogen-bond donors (Lipinski definition) is 1. The number of anilines is 1. The van der Waals surface area contributed by atoms with E-state index in [0.29, 0.717) is 17.5 Å². The van der Waals surface area contributed by atoms with Gasteiger partial charge in [-0.2, -0.15) is 0 Å². The number of carbonyl (C=O) groups excluding carboxylic acids is 1. The smallest absolute Gasteiger partial charge is 0.300 e. The van der Waals surface area contributed by atoms with E-state index >= 15 is 0 Å². The van der Waals surface area contributed by atoms with Gasteiger partial charge in [-0.15, -0.1) is 10.2 Å². The molecule has 2 heterocycles. The van der Waals surface area contributed by atoms with Gasteiger partial charge in [0.2, 0.25) is 11.6 Å². The Labute approximate surface area is 190 Å². The molecular formula is C24H25N5O2S. The van der Waals surface area contributed by atoms with Crippen LogP contribution in [0.1, 0.15) is 38.7 Å². The van der Waals surface area contributed by atoms with Crippen molar-refractivity contribution < 1.29 is 4.79 Å². The highest BCUT2D eigenvalue weighted by Crippen LogP contribution is 2.25. The Balaban J connectivity index is 1.54. The summed E-state index contributed by atoms with van der Waals surface area (Å²) in [4.78, 5) is 25.8. The SMILES string of the molecule is CC[C@@H](Sc1nnc2c(=O)n(-c3ccccc3)ccn12)C(=O)Nc1ccc(C(C)C)cc1. The van der Waals surface area contributed by atoms with Gasteiger partial charge in [0.05, 0.1) is 5.25 Å². The van der Waals surface area contributed by atoms with Crippen molar-refractivity contribution in [3.05, 3.63) is 82.9 Å². The highest BCUT2D eigenvalue weighted by molar-refractivity contribution is 8.00. The van der Waals surface area contributed by atoms with Gasteiger partial charge in [0.1, 0.15) is 0 Å². The van der Waals surface area contributed by atoms with E-state index in [1.54, 1.807) is 16.8 Å². The van der Waals surface area contributed by atoms with Crippen molar-refractivity contribution in [1.29, 1.82) is 0 Å². The second-order valence-corrected chi connectivity index (χ2v) is 8.94. The minimum absolute atomic E-state index is 0.107. The van der Waals surface area contributed by atoms with Crippen LogP contribution in [0.4, 0.5) is 5.69 Å². The molecule has 0 unspecified atom stereocenters. The first-order chi connectivity index (χ1) is 15.5. The third kappa shape index (κ3) is 4.45. The van der Waals surface area contributed by atoms with Crippen LogP contribution in [0.5, 0.6) is 0 Å². The highest BCUT2D eigenvalue weighted by Gasteiger charge is 2.22. The van der Waals surface area contributed by atoms with Crippen LogP contribution in [0, 0.1) is 0 Å². The number of rotatable bonds is 7. The van der Waals surface area contributed by atoms with Crippen LogP contribution < -0.4 is 10.9 Å².